The summed E-state index contributed by atoms with van der Waals surface area (Å²) in [6.07, 6.45) is -0.180. The number of carboxylic acids is 1. The molecule has 30 heavy (non-hydrogen) atoms. The van der Waals surface area contributed by atoms with Crippen molar-refractivity contribution >= 4 is 29.5 Å². The molecule has 4 rings (SSSR count). The number of thioether (sulfide) groups is 1. The number of hydrogen-bond donors (Lipinski definition) is 4. The highest BCUT2D eigenvalue weighted by Crippen LogP contribution is 2.51. The minimum absolute atomic E-state index is 0.0464. The van der Waals surface area contributed by atoms with Crippen LogP contribution >= 0.6 is 11.8 Å². The second kappa shape index (κ2) is 8.14. The molecule has 4 aliphatic rings. The fraction of sp³-hybridized carbons (Fsp3) is 0.750. The molecule has 0 spiro atoms. The van der Waals surface area contributed by atoms with Gasteiger partial charge in [0, 0.05) is 48.3 Å². The summed E-state index contributed by atoms with van der Waals surface area (Å²) in [5.41, 5.74) is 0.0464. The molecule has 0 radical (unpaired) electrons. The number of hydrogen-bond acceptors (Lipinski definition) is 7. The smallest absolute Gasteiger partial charge is 0.353 e. The lowest BCUT2D eigenvalue weighted by molar-refractivity contribution is -0.163. The first-order chi connectivity index (χ1) is 14.2. The average Bonchev–Trinajstić information content (AvgIpc) is 3.23. The SMILES string of the molecule is CC1CN(C(=O)C2CC(SC3=C(C(=O)O)N4C(=O)C(C(C)O)[C@@H]4C3C)CN2)CCN1. The molecule has 0 aromatic carbocycles. The van der Waals surface area contributed by atoms with Crippen LogP contribution in [0.2, 0.25) is 0 Å². The van der Waals surface area contributed by atoms with Crippen LogP contribution in [-0.4, -0.2) is 93.5 Å². The van der Waals surface area contributed by atoms with Crippen LogP contribution in [0.1, 0.15) is 27.2 Å². The van der Waals surface area contributed by atoms with Gasteiger partial charge in [-0.3, -0.25) is 9.59 Å². The number of piperazine rings is 1. The van der Waals surface area contributed by atoms with Crippen molar-refractivity contribution in [1.82, 2.24) is 20.4 Å². The van der Waals surface area contributed by atoms with E-state index in [0.717, 1.165) is 6.54 Å². The first-order valence-electron chi connectivity index (χ1n) is 10.6. The lowest BCUT2D eigenvalue weighted by atomic mass is 9.79. The van der Waals surface area contributed by atoms with Crippen molar-refractivity contribution in [3.8, 4) is 0 Å². The minimum atomic E-state index is -1.11. The standard InChI is InChI=1S/C20H30N4O5S/c1-9-8-23(5-4-21-9)18(26)13-6-12(7-22-13)30-17-10(2)15-14(11(3)25)19(27)24(15)16(17)20(28)29/h9-15,21-22,25H,4-8H2,1-3H3,(H,28,29)/t9?,10?,11?,12?,13?,14?,15-/m0/s1. The molecule has 0 aromatic heterocycles. The van der Waals surface area contributed by atoms with Crippen LogP contribution in [0.15, 0.2) is 10.6 Å². The Morgan fingerprint density at radius 1 is 1.27 bits per heavy atom. The Kier molecular flexibility index (Phi) is 5.86. The molecular formula is C20H30N4O5S. The number of nitrogens with one attached hydrogen (secondary N) is 2. The molecule has 2 amide bonds. The van der Waals surface area contributed by atoms with E-state index < -0.39 is 18.0 Å². The van der Waals surface area contributed by atoms with Gasteiger partial charge < -0.3 is 30.6 Å². The average molecular weight is 439 g/mol. The second-order valence-electron chi connectivity index (χ2n) is 8.85. The monoisotopic (exact) mass is 438 g/mol. The third kappa shape index (κ3) is 3.53. The molecule has 10 heteroatoms. The second-order valence-corrected chi connectivity index (χ2v) is 10.2. The number of carbonyl (C=O) groups excluding carboxylic acids is 2. The van der Waals surface area contributed by atoms with Crippen molar-refractivity contribution in [3.63, 3.8) is 0 Å². The molecule has 0 bridgehead atoms. The van der Waals surface area contributed by atoms with E-state index in [2.05, 4.69) is 17.6 Å². The lowest BCUT2D eigenvalue weighted by Gasteiger charge is -2.46. The largest absolute Gasteiger partial charge is 0.477 e. The van der Waals surface area contributed by atoms with E-state index in [1.165, 1.54) is 16.7 Å². The van der Waals surface area contributed by atoms with Gasteiger partial charge in [0.1, 0.15) is 5.70 Å². The Labute approximate surface area is 180 Å². The quantitative estimate of drug-likeness (QED) is 0.421. The number of fused-ring (bicyclic) bond motifs is 1. The van der Waals surface area contributed by atoms with Crippen LogP contribution in [0.4, 0.5) is 0 Å². The zero-order valence-electron chi connectivity index (χ0n) is 17.5. The number of rotatable bonds is 5. The van der Waals surface area contributed by atoms with E-state index in [0.29, 0.717) is 31.0 Å². The predicted molar refractivity (Wildman–Crippen MR) is 111 cm³/mol. The summed E-state index contributed by atoms with van der Waals surface area (Å²) >= 11 is 1.47. The van der Waals surface area contributed by atoms with Gasteiger partial charge in [-0.2, -0.15) is 0 Å². The minimum Gasteiger partial charge on any atom is -0.477 e. The number of carbonyl (C=O) groups is 3. The molecule has 4 heterocycles. The van der Waals surface area contributed by atoms with Crippen LogP contribution in [0, 0.1) is 11.8 Å². The van der Waals surface area contributed by atoms with Gasteiger partial charge in [-0.25, -0.2) is 4.79 Å². The molecule has 9 nitrogen and oxygen atoms in total. The summed E-state index contributed by atoms with van der Waals surface area (Å²) in [5.74, 6) is -2.04. The van der Waals surface area contributed by atoms with Gasteiger partial charge in [-0.05, 0) is 20.3 Å². The van der Waals surface area contributed by atoms with Crippen LogP contribution in [0.3, 0.4) is 0 Å². The highest BCUT2D eigenvalue weighted by atomic mass is 32.2. The highest BCUT2D eigenvalue weighted by Gasteiger charge is 2.60. The summed E-state index contributed by atoms with van der Waals surface area (Å²) in [6.45, 7) is 8.36. The van der Waals surface area contributed by atoms with E-state index in [4.69, 9.17) is 0 Å². The van der Waals surface area contributed by atoms with Crippen molar-refractivity contribution in [1.29, 1.82) is 0 Å². The van der Waals surface area contributed by atoms with Crippen molar-refractivity contribution in [3.05, 3.63) is 10.6 Å². The Bertz CT molecular complexity index is 787. The topological polar surface area (TPSA) is 122 Å². The molecule has 4 aliphatic heterocycles. The molecule has 3 fully saturated rings. The van der Waals surface area contributed by atoms with Crippen molar-refractivity contribution in [2.24, 2.45) is 11.8 Å². The van der Waals surface area contributed by atoms with Crippen LogP contribution < -0.4 is 10.6 Å². The first kappa shape index (κ1) is 21.6. The fourth-order valence-corrected chi connectivity index (χ4v) is 6.67. The van der Waals surface area contributed by atoms with Gasteiger partial charge in [0.15, 0.2) is 0 Å². The fourth-order valence-electron chi connectivity index (χ4n) is 5.19. The van der Waals surface area contributed by atoms with Crippen LogP contribution in [0.25, 0.3) is 0 Å². The summed E-state index contributed by atoms with van der Waals surface area (Å²) in [7, 11) is 0. The molecule has 3 saturated heterocycles. The van der Waals surface area contributed by atoms with Gasteiger partial charge in [0.25, 0.3) is 0 Å². The molecule has 7 atom stereocenters. The Morgan fingerprint density at radius 2 is 2.00 bits per heavy atom. The number of carboxylic acid groups (broad SMARTS) is 1. The Hall–Kier alpha value is -1.62. The van der Waals surface area contributed by atoms with E-state index in [-0.39, 0.29) is 46.8 Å². The van der Waals surface area contributed by atoms with E-state index in [1.807, 2.05) is 11.8 Å². The molecule has 0 aliphatic carbocycles. The number of β-lactam (4-membered cyclic amide) rings is 1. The third-order valence-corrected chi connectivity index (χ3v) is 8.19. The molecule has 166 valence electrons. The van der Waals surface area contributed by atoms with Crippen molar-refractivity contribution < 1.29 is 24.6 Å². The van der Waals surface area contributed by atoms with E-state index in [9.17, 15) is 24.6 Å². The van der Waals surface area contributed by atoms with E-state index in [1.54, 1.807) is 6.92 Å². The molecule has 6 unspecified atom stereocenters. The normalized spacial score (nSPS) is 37.3. The summed E-state index contributed by atoms with van der Waals surface area (Å²) in [4.78, 5) is 41.2. The van der Waals surface area contributed by atoms with Gasteiger partial charge in [-0.1, -0.05) is 6.92 Å². The molecule has 0 aromatic rings. The van der Waals surface area contributed by atoms with Crippen LogP contribution in [-0.2, 0) is 14.4 Å². The zero-order valence-corrected chi connectivity index (χ0v) is 18.3. The van der Waals surface area contributed by atoms with Gasteiger partial charge in [0.2, 0.25) is 11.8 Å². The molecular weight excluding hydrogens is 408 g/mol. The number of aliphatic hydroxyl groups excluding tert-OH is 1. The Balaban J connectivity index is 1.45. The number of aliphatic hydroxyl groups is 1. The number of amides is 2. The molecule has 4 N–H and O–H groups in total. The zero-order chi connectivity index (χ0) is 21.7. The lowest BCUT2D eigenvalue weighted by Crippen LogP contribution is -2.63. The summed E-state index contributed by atoms with van der Waals surface area (Å²) in [6, 6.07) is -0.289. The number of aliphatic carboxylic acids is 1. The van der Waals surface area contributed by atoms with Crippen LogP contribution in [0.5, 0.6) is 0 Å². The third-order valence-electron chi connectivity index (χ3n) is 6.67. The summed E-state index contributed by atoms with van der Waals surface area (Å²) < 4.78 is 0. The summed E-state index contributed by atoms with van der Waals surface area (Å²) in [5, 5.41) is 26.4. The van der Waals surface area contributed by atoms with Gasteiger partial charge >= 0.3 is 5.97 Å². The number of nitrogens with zero attached hydrogens (tertiary/aromatic N) is 2. The van der Waals surface area contributed by atoms with Gasteiger partial charge in [0.05, 0.1) is 24.1 Å². The maximum atomic E-state index is 12.9. The van der Waals surface area contributed by atoms with Gasteiger partial charge in [-0.15, -0.1) is 11.8 Å². The maximum absolute atomic E-state index is 12.9. The van der Waals surface area contributed by atoms with Crippen molar-refractivity contribution in [2.45, 2.75) is 56.7 Å². The predicted octanol–water partition coefficient (Wildman–Crippen LogP) is -0.576. The van der Waals surface area contributed by atoms with E-state index >= 15 is 0 Å². The maximum Gasteiger partial charge on any atom is 0.353 e. The molecule has 0 saturated carbocycles. The first-order valence-corrected chi connectivity index (χ1v) is 11.5. The highest BCUT2D eigenvalue weighted by molar-refractivity contribution is 8.03. The van der Waals surface area contributed by atoms with Crippen molar-refractivity contribution in [2.75, 3.05) is 26.2 Å². The Morgan fingerprint density at radius 3 is 2.63 bits per heavy atom.